The Morgan fingerprint density at radius 2 is 1.88 bits per heavy atom. The van der Waals surface area contributed by atoms with Gasteiger partial charge >= 0.3 is 0 Å². The van der Waals surface area contributed by atoms with Crippen LogP contribution < -0.4 is 5.32 Å². The maximum Gasteiger partial charge on any atom is 0.248 e. The SMILES string of the molecule is CC(C)c1ccc(-c2nnn(CC(=O)Nc3ccccc3I)n2)cc1. The van der Waals surface area contributed by atoms with Crippen molar-refractivity contribution in [1.82, 2.24) is 20.2 Å². The van der Waals surface area contributed by atoms with Gasteiger partial charge in [-0.25, -0.2) is 0 Å². The van der Waals surface area contributed by atoms with Crippen molar-refractivity contribution in [1.29, 1.82) is 0 Å². The molecule has 1 amide bonds. The fraction of sp³-hybridized carbons (Fsp3) is 0.222. The average molecular weight is 447 g/mol. The molecule has 0 saturated heterocycles. The Balaban J connectivity index is 1.67. The number of amides is 1. The van der Waals surface area contributed by atoms with Gasteiger partial charge in [-0.2, -0.15) is 4.80 Å². The Morgan fingerprint density at radius 3 is 2.56 bits per heavy atom. The molecule has 128 valence electrons. The first kappa shape index (κ1) is 17.5. The number of anilines is 1. The minimum atomic E-state index is -0.191. The zero-order chi connectivity index (χ0) is 17.8. The number of halogens is 1. The largest absolute Gasteiger partial charge is 0.323 e. The Hall–Kier alpha value is -2.29. The van der Waals surface area contributed by atoms with Crippen LogP contribution in [0.5, 0.6) is 0 Å². The van der Waals surface area contributed by atoms with Crippen LogP contribution in [-0.4, -0.2) is 26.1 Å². The quantitative estimate of drug-likeness (QED) is 0.606. The minimum absolute atomic E-state index is 0.0159. The highest BCUT2D eigenvalue weighted by atomic mass is 127. The first-order chi connectivity index (χ1) is 12.0. The molecule has 0 saturated carbocycles. The molecular weight excluding hydrogens is 429 g/mol. The van der Waals surface area contributed by atoms with E-state index in [9.17, 15) is 4.79 Å². The van der Waals surface area contributed by atoms with E-state index in [4.69, 9.17) is 0 Å². The average Bonchev–Trinajstić information content (AvgIpc) is 3.05. The van der Waals surface area contributed by atoms with Crippen LogP contribution in [0.1, 0.15) is 25.3 Å². The first-order valence-electron chi connectivity index (χ1n) is 7.95. The van der Waals surface area contributed by atoms with Gasteiger partial charge in [0, 0.05) is 9.13 Å². The fourth-order valence-electron chi connectivity index (χ4n) is 2.32. The number of para-hydroxylation sites is 1. The predicted molar refractivity (Wildman–Crippen MR) is 105 cm³/mol. The molecule has 0 aliphatic rings. The van der Waals surface area contributed by atoms with Crippen molar-refractivity contribution < 1.29 is 4.79 Å². The number of aromatic nitrogens is 4. The zero-order valence-electron chi connectivity index (χ0n) is 14.0. The Labute approximate surface area is 159 Å². The van der Waals surface area contributed by atoms with Gasteiger partial charge in [0.05, 0.1) is 5.69 Å². The molecule has 0 atom stereocenters. The zero-order valence-corrected chi connectivity index (χ0v) is 16.1. The fourth-order valence-corrected chi connectivity index (χ4v) is 2.85. The normalized spacial score (nSPS) is 10.9. The number of nitrogens with zero attached hydrogens (tertiary/aromatic N) is 4. The molecule has 1 heterocycles. The highest BCUT2D eigenvalue weighted by Gasteiger charge is 2.11. The van der Waals surface area contributed by atoms with Gasteiger partial charge in [-0.05, 0) is 51.4 Å². The summed E-state index contributed by atoms with van der Waals surface area (Å²) in [6.45, 7) is 4.31. The topological polar surface area (TPSA) is 72.7 Å². The van der Waals surface area contributed by atoms with Crippen molar-refractivity contribution in [2.24, 2.45) is 0 Å². The van der Waals surface area contributed by atoms with Gasteiger partial charge in [-0.15, -0.1) is 10.2 Å². The van der Waals surface area contributed by atoms with E-state index in [0.29, 0.717) is 11.7 Å². The molecule has 1 aromatic heterocycles. The molecule has 0 bridgehead atoms. The lowest BCUT2D eigenvalue weighted by atomic mass is 10.0. The monoisotopic (exact) mass is 447 g/mol. The number of benzene rings is 2. The van der Waals surface area contributed by atoms with Gasteiger partial charge < -0.3 is 5.32 Å². The van der Waals surface area contributed by atoms with E-state index in [2.05, 4.69) is 69.3 Å². The summed E-state index contributed by atoms with van der Waals surface area (Å²) in [5.74, 6) is 0.794. The standard InChI is InChI=1S/C18H18IN5O/c1-12(2)13-7-9-14(10-8-13)18-21-23-24(22-18)11-17(25)20-16-6-4-3-5-15(16)19/h3-10,12H,11H2,1-2H3,(H,20,25). The van der Waals surface area contributed by atoms with Crippen LogP contribution >= 0.6 is 22.6 Å². The summed E-state index contributed by atoms with van der Waals surface area (Å²) in [5.41, 5.74) is 2.92. The summed E-state index contributed by atoms with van der Waals surface area (Å²) in [6, 6.07) is 15.7. The van der Waals surface area contributed by atoms with Gasteiger partial charge in [0.1, 0.15) is 6.54 Å². The van der Waals surface area contributed by atoms with Gasteiger partial charge in [0.15, 0.2) is 0 Å². The molecule has 3 rings (SSSR count). The third-order valence-corrected chi connectivity index (χ3v) is 4.66. The van der Waals surface area contributed by atoms with Crippen LogP contribution in [-0.2, 0) is 11.3 Å². The lowest BCUT2D eigenvalue weighted by Crippen LogP contribution is -2.20. The van der Waals surface area contributed by atoms with Crippen molar-refractivity contribution >= 4 is 34.2 Å². The van der Waals surface area contributed by atoms with Crippen molar-refractivity contribution in [3.63, 3.8) is 0 Å². The van der Waals surface area contributed by atoms with Gasteiger partial charge in [0.2, 0.25) is 11.7 Å². The predicted octanol–water partition coefficient (Wildman–Crippen LogP) is 3.71. The smallest absolute Gasteiger partial charge is 0.248 e. The summed E-state index contributed by atoms with van der Waals surface area (Å²) in [4.78, 5) is 13.5. The molecule has 0 fully saturated rings. The van der Waals surface area contributed by atoms with Crippen LogP contribution in [0, 0.1) is 3.57 Å². The molecule has 0 unspecified atom stereocenters. The molecular formula is C18H18IN5O. The summed E-state index contributed by atoms with van der Waals surface area (Å²) >= 11 is 2.18. The molecule has 3 aromatic rings. The van der Waals surface area contributed by atoms with Gasteiger partial charge in [-0.3, -0.25) is 4.79 Å². The second-order valence-electron chi connectivity index (χ2n) is 5.95. The number of hydrogen-bond acceptors (Lipinski definition) is 4. The van der Waals surface area contributed by atoms with E-state index in [-0.39, 0.29) is 12.5 Å². The highest BCUT2D eigenvalue weighted by molar-refractivity contribution is 14.1. The molecule has 0 radical (unpaired) electrons. The second kappa shape index (κ2) is 7.73. The lowest BCUT2D eigenvalue weighted by molar-refractivity contribution is -0.117. The first-order valence-corrected chi connectivity index (χ1v) is 9.03. The van der Waals surface area contributed by atoms with Crippen LogP contribution in [0.4, 0.5) is 5.69 Å². The van der Waals surface area contributed by atoms with Crippen molar-refractivity contribution in [2.75, 3.05) is 5.32 Å². The van der Waals surface area contributed by atoms with E-state index >= 15 is 0 Å². The van der Waals surface area contributed by atoms with Crippen molar-refractivity contribution in [2.45, 2.75) is 26.3 Å². The Kier molecular flexibility index (Phi) is 5.42. The molecule has 7 heteroatoms. The van der Waals surface area contributed by atoms with Crippen molar-refractivity contribution in [3.8, 4) is 11.4 Å². The third kappa shape index (κ3) is 4.41. The molecule has 2 aromatic carbocycles. The van der Waals surface area contributed by atoms with E-state index in [1.165, 1.54) is 10.4 Å². The summed E-state index contributed by atoms with van der Waals surface area (Å²) in [7, 11) is 0. The molecule has 0 aliphatic heterocycles. The molecule has 6 nitrogen and oxygen atoms in total. The number of rotatable bonds is 5. The third-order valence-electron chi connectivity index (χ3n) is 3.72. The maximum atomic E-state index is 12.2. The van der Waals surface area contributed by atoms with Gasteiger partial charge in [0.25, 0.3) is 0 Å². The van der Waals surface area contributed by atoms with E-state index < -0.39 is 0 Å². The highest BCUT2D eigenvalue weighted by Crippen LogP contribution is 2.19. The molecule has 25 heavy (non-hydrogen) atoms. The van der Waals surface area contributed by atoms with Gasteiger partial charge in [-0.1, -0.05) is 50.2 Å². The van der Waals surface area contributed by atoms with E-state index in [1.807, 2.05) is 36.4 Å². The molecule has 1 N–H and O–H groups in total. The van der Waals surface area contributed by atoms with Crippen LogP contribution in [0.15, 0.2) is 48.5 Å². The second-order valence-corrected chi connectivity index (χ2v) is 7.11. The Bertz CT molecular complexity index is 873. The molecule has 0 spiro atoms. The number of carbonyl (C=O) groups excluding carboxylic acids is 1. The maximum absolute atomic E-state index is 12.2. The number of hydrogen-bond donors (Lipinski definition) is 1. The number of nitrogens with one attached hydrogen (secondary N) is 1. The van der Waals surface area contributed by atoms with Crippen LogP contribution in [0.3, 0.4) is 0 Å². The minimum Gasteiger partial charge on any atom is -0.323 e. The lowest BCUT2D eigenvalue weighted by Gasteiger charge is -2.06. The van der Waals surface area contributed by atoms with Crippen molar-refractivity contribution in [3.05, 3.63) is 57.7 Å². The van der Waals surface area contributed by atoms with E-state index in [0.717, 1.165) is 14.8 Å². The van der Waals surface area contributed by atoms with E-state index in [1.54, 1.807) is 0 Å². The van der Waals surface area contributed by atoms with Crippen LogP contribution in [0.2, 0.25) is 0 Å². The summed E-state index contributed by atoms with van der Waals surface area (Å²) in [6.07, 6.45) is 0. The number of tetrazole rings is 1. The van der Waals surface area contributed by atoms with Crippen LogP contribution in [0.25, 0.3) is 11.4 Å². The summed E-state index contributed by atoms with van der Waals surface area (Å²) < 4.78 is 0.978. The molecule has 0 aliphatic carbocycles. The number of carbonyl (C=O) groups is 1. The summed E-state index contributed by atoms with van der Waals surface area (Å²) in [5, 5.41) is 15.1. The Morgan fingerprint density at radius 1 is 1.16 bits per heavy atom.